The Morgan fingerprint density at radius 3 is 2.56 bits per heavy atom. The molecule has 1 aromatic rings. The zero-order chi connectivity index (χ0) is 19.4. The average molecular weight is 372 g/mol. The van der Waals surface area contributed by atoms with E-state index in [1.54, 1.807) is 4.90 Å². The number of para-hydroxylation sites is 1. The Bertz CT molecular complexity index is 675. The molecule has 0 heterocycles. The molecule has 4 atom stereocenters. The molecule has 27 heavy (non-hydrogen) atoms. The summed E-state index contributed by atoms with van der Waals surface area (Å²) in [5.74, 6) is 2.23. The number of anilines is 1. The molecule has 3 rings (SSSR count). The molecule has 0 radical (unpaired) electrons. The van der Waals surface area contributed by atoms with E-state index in [0.29, 0.717) is 5.92 Å². The fourth-order valence-corrected chi connectivity index (χ4v) is 5.00. The maximum atomic E-state index is 12.4. The highest BCUT2D eigenvalue weighted by Gasteiger charge is 2.42. The summed E-state index contributed by atoms with van der Waals surface area (Å²) in [5, 5.41) is 6.12. The number of carbonyl (C=O) groups excluding carboxylic acids is 2. The maximum Gasteiger partial charge on any atom is 0.238 e. The molecule has 2 amide bonds. The van der Waals surface area contributed by atoms with Crippen LogP contribution >= 0.6 is 0 Å². The summed E-state index contributed by atoms with van der Waals surface area (Å²) in [6, 6.07) is 8.06. The number of benzene rings is 1. The van der Waals surface area contributed by atoms with Gasteiger partial charge in [-0.25, -0.2) is 0 Å². The Kier molecular flexibility index (Phi) is 6.53. The van der Waals surface area contributed by atoms with Crippen molar-refractivity contribution in [3.8, 4) is 0 Å². The minimum atomic E-state index is -0.0904. The predicted octanol–water partition coefficient (Wildman–Crippen LogP) is 3.06. The number of nitrogens with one attached hydrogen (secondary N) is 2. The van der Waals surface area contributed by atoms with Gasteiger partial charge in [0.1, 0.15) is 0 Å². The second-order valence-electron chi connectivity index (χ2n) is 8.43. The van der Waals surface area contributed by atoms with Crippen molar-refractivity contribution in [3.63, 3.8) is 0 Å². The van der Waals surface area contributed by atoms with Gasteiger partial charge in [-0.05, 0) is 69.0 Å². The van der Waals surface area contributed by atoms with Crippen LogP contribution in [0.4, 0.5) is 5.69 Å². The maximum absolute atomic E-state index is 12.4. The van der Waals surface area contributed by atoms with Crippen LogP contribution in [0.15, 0.2) is 24.3 Å². The summed E-state index contributed by atoms with van der Waals surface area (Å²) >= 11 is 0. The molecule has 148 valence electrons. The van der Waals surface area contributed by atoms with E-state index in [9.17, 15) is 9.59 Å². The largest absolute Gasteiger partial charge is 0.352 e. The van der Waals surface area contributed by atoms with Crippen molar-refractivity contribution in [2.45, 2.75) is 52.0 Å². The van der Waals surface area contributed by atoms with Gasteiger partial charge < -0.3 is 10.6 Å². The molecule has 2 aliphatic carbocycles. The Hall–Kier alpha value is -1.88. The molecule has 0 spiro atoms. The lowest BCUT2D eigenvalue weighted by molar-refractivity contribution is -0.123. The number of rotatable bonds is 8. The number of likely N-dealkylation sites (N-methyl/N-ethyl adjacent to an activating group) is 1. The Labute approximate surface area is 162 Å². The van der Waals surface area contributed by atoms with Crippen LogP contribution in [0.3, 0.4) is 0 Å². The molecule has 0 saturated heterocycles. The van der Waals surface area contributed by atoms with Gasteiger partial charge in [-0.15, -0.1) is 0 Å². The molecule has 1 aromatic carbocycles. The van der Waals surface area contributed by atoms with Crippen LogP contribution in [0.25, 0.3) is 0 Å². The standard InChI is InChI=1S/C22H33N3O2/c1-4-17-7-5-6-8-20(17)24-22(27)14-25(3)13-21(26)23-15(2)19-12-16-9-10-18(19)11-16/h5-8,15-16,18-19H,4,9-14H2,1-3H3,(H,23,26)(H,24,27). The van der Waals surface area contributed by atoms with Gasteiger partial charge in [0.2, 0.25) is 11.8 Å². The topological polar surface area (TPSA) is 61.4 Å². The monoisotopic (exact) mass is 371 g/mol. The summed E-state index contributed by atoms with van der Waals surface area (Å²) in [7, 11) is 1.81. The number of carbonyl (C=O) groups is 2. The van der Waals surface area contributed by atoms with Crippen LogP contribution in [-0.4, -0.2) is 42.9 Å². The van der Waals surface area contributed by atoms with Gasteiger partial charge in [-0.3, -0.25) is 14.5 Å². The Morgan fingerprint density at radius 1 is 1.15 bits per heavy atom. The molecule has 2 saturated carbocycles. The minimum Gasteiger partial charge on any atom is -0.352 e. The first kappa shape index (κ1) is 19.9. The fourth-order valence-electron chi connectivity index (χ4n) is 5.00. The molecule has 5 nitrogen and oxygen atoms in total. The van der Waals surface area contributed by atoms with Crippen molar-refractivity contribution in [3.05, 3.63) is 29.8 Å². The number of fused-ring (bicyclic) bond motifs is 2. The van der Waals surface area contributed by atoms with Gasteiger partial charge in [-0.1, -0.05) is 31.5 Å². The molecule has 4 unspecified atom stereocenters. The second-order valence-corrected chi connectivity index (χ2v) is 8.43. The van der Waals surface area contributed by atoms with E-state index in [0.717, 1.165) is 29.5 Å². The number of hydrogen-bond acceptors (Lipinski definition) is 3. The Morgan fingerprint density at radius 2 is 1.89 bits per heavy atom. The highest BCUT2D eigenvalue weighted by Crippen LogP contribution is 2.49. The third-order valence-electron chi connectivity index (χ3n) is 6.32. The first-order valence-electron chi connectivity index (χ1n) is 10.3. The zero-order valence-corrected chi connectivity index (χ0v) is 16.8. The van der Waals surface area contributed by atoms with Crippen molar-refractivity contribution in [2.75, 3.05) is 25.5 Å². The fraction of sp³-hybridized carbons (Fsp3) is 0.636. The highest BCUT2D eigenvalue weighted by atomic mass is 16.2. The number of amides is 2. The van der Waals surface area contributed by atoms with Crippen LogP contribution in [0, 0.1) is 17.8 Å². The molecule has 2 N–H and O–H groups in total. The van der Waals surface area contributed by atoms with Crippen molar-refractivity contribution in [1.82, 2.24) is 10.2 Å². The molecule has 5 heteroatoms. The normalized spacial score (nSPS) is 24.8. The van der Waals surface area contributed by atoms with Gasteiger partial charge in [-0.2, -0.15) is 0 Å². The van der Waals surface area contributed by atoms with Crippen LogP contribution in [0.2, 0.25) is 0 Å². The van der Waals surface area contributed by atoms with Crippen LogP contribution in [-0.2, 0) is 16.0 Å². The minimum absolute atomic E-state index is 0.00883. The van der Waals surface area contributed by atoms with Gasteiger partial charge in [0.25, 0.3) is 0 Å². The molecule has 2 fully saturated rings. The van der Waals surface area contributed by atoms with Crippen molar-refractivity contribution >= 4 is 17.5 Å². The van der Waals surface area contributed by atoms with Crippen molar-refractivity contribution in [1.29, 1.82) is 0 Å². The van der Waals surface area contributed by atoms with Crippen LogP contribution in [0.1, 0.15) is 45.1 Å². The van der Waals surface area contributed by atoms with Gasteiger partial charge in [0.15, 0.2) is 0 Å². The lowest BCUT2D eigenvalue weighted by Gasteiger charge is -2.29. The summed E-state index contributed by atoms with van der Waals surface area (Å²) in [6.07, 6.45) is 6.19. The van der Waals surface area contributed by atoms with Crippen LogP contribution in [0.5, 0.6) is 0 Å². The lowest BCUT2D eigenvalue weighted by atomic mass is 9.84. The van der Waals surface area contributed by atoms with Gasteiger partial charge >= 0.3 is 0 Å². The van der Waals surface area contributed by atoms with E-state index in [1.807, 2.05) is 31.3 Å². The quantitative estimate of drug-likeness (QED) is 0.738. The van der Waals surface area contributed by atoms with E-state index >= 15 is 0 Å². The second kappa shape index (κ2) is 8.87. The molecular weight excluding hydrogens is 338 g/mol. The average Bonchev–Trinajstić information content (AvgIpc) is 3.25. The summed E-state index contributed by atoms with van der Waals surface area (Å²) in [4.78, 5) is 26.5. The third kappa shape index (κ3) is 5.10. The summed E-state index contributed by atoms with van der Waals surface area (Å²) in [6.45, 7) is 4.65. The van der Waals surface area contributed by atoms with E-state index in [-0.39, 0.29) is 30.9 Å². The molecule has 2 aliphatic rings. The van der Waals surface area contributed by atoms with E-state index in [2.05, 4.69) is 24.5 Å². The first-order chi connectivity index (χ1) is 13.0. The lowest BCUT2D eigenvalue weighted by Crippen LogP contribution is -2.45. The third-order valence-corrected chi connectivity index (χ3v) is 6.32. The van der Waals surface area contributed by atoms with Crippen LogP contribution < -0.4 is 10.6 Å². The van der Waals surface area contributed by atoms with E-state index in [1.165, 1.54) is 25.7 Å². The first-order valence-corrected chi connectivity index (χ1v) is 10.3. The predicted molar refractivity (Wildman–Crippen MR) is 108 cm³/mol. The number of aryl methyl sites for hydroxylation is 1. The van der Waals surface area contributed by atoms with Gasteiger partial charge in [0, 0.05) is 11.7 Å². The molecular formula is C22H33N3O2. The number of hydrogen-bond donors (Lipinski definition) is 2. The Balaban J connectivity index is 1.42. The number of nitrogens with zero attached hydrogens (tertiary/aromatic N) is 1. The molecule has 2 bridgehead atoms. The SMILES string of the molecule is CCc1ccccc1NC(=O)CN(C)CC(=O)NC(C)C1CC2CCC1C2. The summed E-state index contributed by atoms with van der Waals surface area (Å²) in [5.41, 5.74) is 1.97. The van der Waals surface area contributed by atoms with E-state index in [4.69, 9.17) is 0 Å². The zero-order valence-electron chi connectivity index (χ0n) is 16.8. The van der Waals surface area contributed by atoms with Gasteiger partial charge in [0.05, 0.1) is 13.1 Å². The molecule has 0 aliphatic heterocycles. The van der Waals surface area contributed by atoms with E-state index < -0.39 is 0 Å². The van der Waals surface area contributed by atoms with Crippen molar-refractivity contribution in [2.24, 2.45) is 17.8 Å². The summed E-state index contributed by atoms with van der Waals surface area (Å²) < 4.78 is 0. The highest BCUT2D eigenvalue weighted by molar-refractivity contribution is 5.93. The van der Waals surface area contributed by atoms with Crippen molar-refractivity contribution < 1.29 is 9.59 Å². The smallest absolute Gasteiger partial charge is 0.238 e. The molecule has 0 aromatic heterocycles.